The first-order chi connectivity index (χ1) is 8.40. The first-order valence-corrected chi connectivity index (χ1v) is 8.18. The highest BCUT2D eigenvalue weighted by molar-refractivity contribution is 14.1. The van der Waals surface area contributed by atoms with Gasteiger partial charge in [-0.2, -0.15) is 0 Å². The minimum atomic E-state index is 0.0447. The lowest BCUT2D eigenvalue weighted by molar-refractivity contribution is -0.189. The topological polar surface area (TPSA) is 18.5 Å². The van der Waals surface area contributed by atoms with E-state index in [4.69, 9.17) is 9.47 Å². The van der Waals surface area contributed by atoms with Crippen molar-refractivity contribution < 1.29 is 9.47 Å². The maximum absolute atomic E-state index is 6.16. The van der Waals surface area contributed by atoms with Crippen LogP contribution in [0.1, 0.15) is 51.4 Å². The monoisotopic (exact) mass is 350 g/mol. The summed E-state index contributed by atoms with van der Waals surface area (Å²) < 4.78 is 13.9. The predicted octanol–water partition coefficient (Wildman–Crippen LogP) is 4.43. The molecule has 17 heavy (non-hydrogen) atoms. The molecule has 0 amide bonds. The molecule has 1 saturated carbocycles. The zero-order valence-electron chi connectivity index (χ0n) is 10.4. The molecule has 0 spiro atoms. The molecule has 3 heteroatoms. The van der Waals surface area contributed by atoms with Crippen LogP contribution in [-0.2, 0) is 9.47 Å². The normalized spacial score (nSPS) is 29.6. The van der Waals surface area contributed by atoms with E-state index in [1.807, 2.05) is 0 Å². The summed E-state index contributed by atoms with van der Waals surface area (Å²) in [6, 6.07) is 0. The Morgan fingerprint density at radius 3 is 2.47 bits per heavy atom. The van der Waals surface area contributed by atoms with Crippen LogP contribution in [0.3, 0.4) is 0 Å². The van der Waals surface area contributed by atoms with Crippen LogP contribution >= 0.6 is 22.6 Å². The van der Waals surface area contributed by atoms with Crippen LogP contribution in [0.15, 0.2) is 10.2 Å². The first kappa shape index (κ1) is 13.8. The van der Waals surface area contributed by atoms with Crippen LogP contribution in [0, 0.1) is 5.92 Å². The van der Waals surface area contributed by atoms with E-state index < -0.39 is 0 Å². The number of rotatable bonds is 4. The molecule has 0 N–H and O–H groups in total. The van der Waals surface area contributed by atoms with Crippen molar-refractivity contribution in [3.8, 4) is 0 Å². The summed E-state index contributed by atoms with van der Waals surface area (Å²) >= 11 is 2.29. The maximum atomic E-state index is 6.16. The van der Waals surface area contributed by atoms with Gasteiger partial charge in [-0.05, 0) is 48.2 Å². The molecule has 0 aromatic carbocycles. The molecule has 2 rings (SSSR count). The molecule has 1 heterocycles. The lowest BCUT2D eigenvalue weighted by Crippen LogP contribution is -2.32. The Morgan fingerprint density at radius 2 is 1.82 bits per heavy atom. The summed E-state index contributed by atoms with van der Waals surface area (Å²) in [6.45, 7) is 0.871. The third-order valence-electron chi connectivity index (χ3n) is 3.82. The average molecular weight is 350 g/mol. The van der Waals surface area contributed by atoms with Crippen molar-refractivity contribution in [3.05, 3.63) is 10.2 Å². The van der Waals surface area contributed by atoms with Crippen LogP contribution in [0.2, 0.25) is 0 Å². The molecule has 2 atom stereocenters. The third kappa shape index (κ3) is 4.52. The highest BCUT2D eigenvalue weighted by Gasteiger charge is 2.26. The Bertz CT molecular complexity index is 230. The molecule has 98 valence electrons. The van der Waals surface area contributed by atoms with E-state index in [1.165, 1.54) is 44.9 Å². The van der Waals surface area contributed by atoms with Gasteiger partial charge < -0.3 is 9.47 Å². The van der Waals surface area contributed by atoms with Crippen molar-refractivity contribution in [1.29, 1.82) is 0 Å². The fourth-order valence-corrected chi connectivity index (χ4v) is 3.25. The summed E-state index contributed by atoms with van der Waals surface area (Å²) in [5, 5.41) is 0. The van der Waals surface area contributed by atoms with E-state index in [9.17, 15) is 0 Å². The number of hydrogen-bond acceptors (Lipinski definition) is 2. The van der Waals surface area contributed by atoms with E-state index in [0.29, 0.717) is 5.92 Å². The Kier molecular flexibility index (Phi) is 6.29. The van der Waals surface area contributed by atoms with Crippen molar-refractivity contribution >= 4 is 22.6 Å². The zero-order chi connectivity index (χ0) is 11.9. The summed E-state index contributed by atoms with van der Waals surface area (Å²) in [7, 11) is 0. The molecular formula is C14H23IO2. The fourth-order valence-electron chi connectivity index (χ4n) is 2.84. The van der Waals surface area contributed by atoms with Crippen molar-refractivity contribution in [2.75, 3.05) is 6.61 Å². The van der Waals surface area contributed by atoms with Gasteiger partial charge in [0.1, 0.15) is 0 Å². The first-order valence-electron chi connectivity index (χ1n) is 6.94. The average Bonchev–Trinajstić information content (AvgIpc) is 2.40. The van der Waals surface area contributed by atoms with Crippen molar-refractivity contribution in [1.82, 2.24) is 0 Å². The lowest BCUT2D eigenvalue weighted by Gasteiger charge is -2.32. The minimum Gasteiger partial charge on any atom is -0.353 e. The van der Waals surface area contributed by atoms with Crippen molar-refractivity contribution in [3.63, 3.8) is 0 Å². The molecule has 2 nitrogen and oxygen atoms in total. The van der Waals surface area contributed by atoms with Gasteiger partial charge in [0.05, 0.1) is 6.10 Å². The van der Waals surface area contributed by atoms with Crippen LogP contribution in [-0.4, -0.2) is 19.0 Å². The minimum absolute atomic E-state index is 0.0447. The van der Waals surface area contributed by atoms with Gasteiger partial charge in [-0.3, -0.25) is 0 Å². The van der Waals surface area contributed by atoms with Crippen LogP contribution in [0.4, 0.5) is 0 Å². The highest BCUT2D eigenvalue weighted by Crippen LogP contribution is 2.30. The molecular weight excluding hydrogens is 327 g/mol. The Hall–Kier alpha value is 0.390. The molecule has 1 aliphatic heterocycles. The second kappa shape index (κ2) is 7.74. The number of halogens is 1. The van der Waals surface area contributed by atoms with E-state index in [0.717, 1.165) is 13.0 Å². The Morgan fingerprint density at radius 1 is 1.06 bits per heavy atom. The van der Waals surface area contributed by atoms with Gasteiger partial charge in [0.15, 0.2) is 6.29 Å². The summed E-state index contributed by atoms with van der Waals surface area (Å²) in [4.78, 5) is 0. The number of hydrogen-bond donors (Lipinski definition) is 0. The lowest BCUT2D eigenvalue weighted by atomic mass is 9.85. The second-order valence-corrected chi connectivity index (χ2v) is 5.83. The standard InChI is InChI=1S/C14H23IO2/c15-10-9-13(12-6-2-1-3-7-12)17-14-8-4-5-11-16-14/h9-10,12-14H,1-8,11H2/b10-9+/t13-,14?/m1/s1. The van der Waals surface area contributed by atoms with Crippen LogP contribution < -0.4 is 0 Å². The highest BCUT2D eigenvalue weighted by atomic mass is 127. The van der Waals surface area contributed by atoms with Gasteiger partial charge in [-0.1, -0.05) is 41.9 Å². The van der Waals surface area contributed by atoms with Gasteiger partial charge in [-0.25, -0.2) is 0 Å². The van der Waals surface area contributed by atoms with E-state index >= 15 is 0 Å². The molecule has 0 aromatic rings. The third-order valence-corrected chi connectivity index (χ3v) is 4.24. The predicted molar refractivity (Wildman–Crippen MR) is 78.2 cm³/mol. The van der Waals surface area contributed by atoms with Crippen LogP contribution in [0.5, 0.6) is 0 Å². The maximum Gasteiger partial charge on any atom is 0.158 e. The summed E-state index contributed by atoms with van der Waals surface area (Å²) in [5.41, 5.74) is 0. The van der Waals surface area contributed by atoms with Gasteiger partial charge in [-0.15, -0.1) is 0 Å². The van der Waals surface area contributed by atoms with E-state index in [1.54, 1.807) is 0 Å². The smallest absolute Gasteiger partial charge is 0.158 e. The largest absolute Gasteiger partial charge is 0.353 e. The second-order valence-electron chi connectivity index (χ2n) is 5.11. The molecule has 2 aliphatic rings. The fraction of sp³-hybridized carbons (Fsp3) is 0.857. The molecule has 1 saturated heterocycles. The van der Waals surface area contributed by atoms with Gasteiger partial charge in [0.25, 0.3) is 0 Å². The Labute approximate surface area is 118 Å². The van der Waals surface area contributed by atoms with Crippen LogP contribution in [0.25, 0.3) is 0 Å². The summed E-state index contributed by atoms with van der Waals surface area (Å²) in [6.07, 6.45) is 12.8. The van der Waals surface area contributed by atoms with Crippen molar-refractivity contribution in [2.45, 2.75) is 63.8 Å². The quantitative estimate of drug-likeness (QED) is 0.699. The van der Waals surface area contributed by atoms with Gasteiger partial charge in [0, 0.05) is 6.61 Å². The van der Waals surface area contributed by atoms with Gasteiger partial charge >= 0.3 is 0 Å². The molecule has 1 aliphatic carbocycles. The Balaban J connectivity index is 1.86. The summed E-state index contributed by atoms with van der Waals surface area (Å²) in [5.74, 6) is 0.709. The molecule has 0 bridgehead atoms. The molecule has 0 radical (unpaired) electrons. The molecule has 0 aromatic heterocycles. The zero-order valence-corrected chi connectivity index (χ0v) is 12.6. The van der Waals surface area contributed by atoms with E-state index in [-0.39, 0.29) is 12.4 Å². The van der Waals surface area contributed by atoms with Gasteiger partial charge in [0.2, 0.25) is 0 Å². The SMILES string of the molecule is I/C=C/[C@@H](OC1CCCCO1)C1CCCCC1. The molecule has 1 unspecified atom stereocenters. The molecule has 2 fully saturated rings. The van der Waals surface area contributed by atoms with E-state index in [2.05, 4.69) is 32.7 Å². The van der Waals surface area contributed by atoms with Crippen molar-refractivity contribution in [2.24, 2.45) is 5.92 Å². The number of ether oxygens (including phenoxy) is 2.